The van der Waals surface area contributed by atoms with Crippen molar-refractivity contribution in [2.75, 3.05) is 6.54 Å². The van der Waals surface area contributed by atoms with Crippen molar-refractivity contribution in [1.29, 1.82) is 0 Å². The highest BCUT2D eigenvalue weighted by Gasteiger charge is 2.48. The molecular weight excluding hydrogens is 374 g/mol. The first-order valence-electron chi connectivity index (χ1n) is 8.79. The molecule has 1 aromatic carbocycles. The van der Waals surface area contributed by atoms with Gasteiger partial charge in [0.25, 0.3) is 0 Å². The summed E-state index contributed by atoms with van der Waals surface area (Å²) in [6.45, 7) is 4.34. The largest absolute Gasteiger partial charge is 0.479 e. The fourth-order valence-electron chi connectivity index (χ4n) is 2.69. The molecule has 1 aliphatic heterocycles. The maximum atomic E-state index is 11.2. The Morgan fingerprint density at radius 2 is 1.89 bits per heavy atom. The van der Waals surface area contributed by atoms with Gasteiger partial charge in [0.05, 0.1) is 0 Å². The maximum Gasteiger partial charge on any atom is 0.335 e. The molecule has 156 valence electrons. The van der Waals surface area contributed by atoms with Crippen molar-refractivity contribution in [3.63, 3.8) is 0 Å². The molecule has 1 aliphatic rings. The number of carbonyl (C=O) groups is 2. The number of esters is 1. The van der Waals surface area contributed by atoms with Gasteiger partial charge < -0.3 is 40.0 Å². The molecular formula is C18H25NO9. The number of hydrogen-bond donors (Lipinski definition) is 5. The first-order valence-corrected chi connectivity index (χ1v) is 8.79. The van der Waals surface area contributed by atoms with E-state index in [1.807, 2.05) is 6.92 Å². The third-order valence-corrected chi connectivity index (χ3v) is 4.19. The average Bonchev–Trinajstić information content (AvgIpc) is 2.65. The van der Waals surface area contributed by atoms with Crippen LogP contribution in [0.5, 0.6) is 5.75 Å². The zero-order valence-corrected chi connectivity index (χ0v) is 15.6. The summed E-state index contributed by atoms with van der Waals surface area (Å²) < 4.78 is 15.7. The van der Waals surface area contributed by atoms with Gasteiger partial charge >= 0.3 is 11.9 Å². The number of rotatable bonds is 8. The van der Waals surface area contributed by atoms with E-state index in [1.54, 1.807) is 18.2 Å². The van der Waals surface area contributed by atoms with Gasteiger partial charge in [-0.1, -0.05) is 13.0 Å². The fourth-order valence-corrected chi connectivity index (χ4v) is 2.69. The standard InChI is InChI=1S/C18H25NO9/c1-3-19-7-11-6-10(8-26-9(2)20)4-5-12(11)27-18-15(23)13(21)14(22)16(28-18)17(24)25/h4-6,13-16,18-19,21-23H,3,7-8H2,1-2H3,(H,24,25)/t13-,14-,15+,16-,18+/m0/s1. The van der Waals surface area contributed by atoms with Crippen LogP contribution in [0.15, 0.2) is 18.2 Å². The third kappa shape index (κ3) is 5.40. The normalized spacial score (nSPS) is 27.2. The molecule has 5 N–H and O–H groups in total. The SMILES string of the molecule is CCNCc1cc(COC(C)=O)ccc1O[C@@H]1O[C@H](C(=O)O)[C@@H](O)[C@H](O)[C@H]1O. The molecule has 2 rings (SSSR count). The number of carboxylic acid groups (broad SMARTS) is 1. The molecule has 5 atom stereocenters. The molecule has 0 aliphatic carbocycles. The van der Waals surface area contributed by atoms with Gasteiger partial charge in [0, 0.05) is 19.0 Å². The Morgan fingerprint density at radius 3 is 2.50 bits per heavy atom. The van der Waals surface area contributed by atoms with Crippen molar-refractivity contribution in [2.45, 2.75) is 57.7 Å². The van der Waals surface area contributed by atoms with E-state index in [0.29, 0.717) is 24.2 Å². The van der Waals surface area contributed by atoms with Crippen LogP contribution in [0.25, 0.3) is 0 Å². The van der Waals surface area contributed by atoms with E-state index < -0.39 is 42.6 Å². The Kier molecular flexibility index (Phi) is 7.72. The summed E-state index contributed by atoms with van der Waals surface area (Å²) in [5, 5.41) is 42.0. The predicted octanol–water partition coefficient (Wildman–Crippen LogP) is -0.870. The number of carboxylic acids is 1. The number of hydrogen-bond acceptors (Lipinski definition) is 9. The number of aliphatic hydroxyl groups excluding tert-OH is 3. The molecule has 1 aromatic rings. The minimum atomic E-state index is -1.79. The quantitative estimate of drug-likeness (QED) is 0.348. The van der Waals surface area contributed by atoms with E-state index in [2.05, 4.69) is 5.32 Å². The Bertz CT molecular complexity index is 696. The number of aliphatic hydroxyl groups is 3. The summed E-state index contributed by atoms with van der Waals surface area (Å²) in [4.78, 5) is 22.2. The fraction of sp³-hybridized carbons (Fsp3) is 0.556. The molecule has 0 aromatic heterocycles. The molecule has 0 bridgehead atoms. The van der Waals surface area contributed by atoms with Crippen molar-refractivity contribution in [3.8, 4) is 5.75 Å². The van der Waals surface area contributed by atoms with Gasteiger partial charge in [-0.15, -0.1) is 0 Å². The van der Waals surface area contributed by atoms with E-state index >= 15 is 0 Å². The van der Waals surface area contributed by atoms with Crippen LogP contribution in [0.2, 0.25) is 0 Å². The van der Waals surface area contributed by atoms with E-state index in [-0.39, 0.29) is 12.4 Å². The van der Waals surface area contributed by atoms with Gasteiger partial charge in [-0.2, -0.15) is 0 Å². The molecule has 0 saturated carbocycles. The molecule has 28 heavy (non-hydrogen) atoms. The second kappa shape index (κ2) is 9.80. The van der Waals surface area contributed by atoms with E-state index in [9.17, 15) is 24.9 Å². The molecule has 0 amide bonds. The van der Waals surface area contributed by atoms with Gasteiger partial charge in [-0.05, 0) is 24.2 Å². The van der Waals surface area contributed by atoms with E-state index in [1.165, 1.54) is 6.92 Å². The summed E-state index contributed by atoms with van der Waals surface area (Å²) in [6.07, 6.45) is -8.44. The van der Waals surface area contributed by atoms with Crippen molar-refractivity contribution >= 4 is 11.9 Å². The second-order valence-electron chi connectivity index (χ2n) is 6.36. The van der Waals surface area contributed by atoms with Gasteiger partial charge in [-0.25, -0.2) is 4.79 Å². The summed E-state index contributed by atoms with van der Waals surface area (Å²) in [5.74, 6) is -1.62. The smallest absolute Gasteiger partial charge is 0.335 e. The Morgan fingerprint density at radius 1 is 1.18 bits per heavy atom. The lowest BCUT2D eigenvalue weighted by molar-refractivity contribution is -0.271. The minimum Gasteiger partial charge on any atom is -0.479 e. The van der Waals surface area contributed by atoms with Crippen molar-refractivity contribution < 1.29 is 44.2 Å². The second-order valence-corrected chi connectivity index (χ2v) is 6.36. The van der Waals surface area contributed by atoms with Gasteiger partial charge in [0.15, 0.2) is 6.10 Å². The van der Waals surface area contributed by atoms with E-state index in [4.69, 9.17) is 19.3 Å². The van der Waals surface area contributed by atoms with Gasteiger partial charge in [-0.3, -0.25) is 4.79 Å². The highest BCUT2D eigenvalue weighted by Crippen LogP contribution is 2.28. The zero-order valence-electron chi connectivity index (χ0n) is 15.6. The van der Waals surface area contributed by atoms with Gasteiger partial charge in [0.2, 0.25) is 6.29 Å². The first-order chi connectivity index (χ1) is 13.2. The van der Waals surface area contributed by atoms with Crippen LogP contribution < -0.4 is 10.1 Å². The number of nitrogens with one attached hydrogen (secondary N) is 1. The molecule has 1 saturated heterocycles. The Balaban J connectivity index is 2.22. The lowest BCUT2D eigenvalue weighted by atomic mass is 9.99. The first kappa shape index (κ1) is 22.1. The molecule has 1 fully saturated rings. The molecule has 0 spiro atoms. The lowest BCUT2D eigenvalue weighted by Crippen LogP contribution is -2.61. The summed E-state index contributed by atoms with van der Waals surface area (Å²) in [6, 6.07) is 4.94. The number of carbonyl (C=O) groups excluding carboxylic acids is 1. The Labute approximate surface area is 161 Å². The van der Waals surface area contributed by atoms with Crippen molar-refractivity contribution in [2.24, 2.45) is 0 Å². The van der Waals surface area contributed by atoms with E-state index in [0.717, 1.165) is 0 Å². The highest BCUT2D eigenvalue weighted by molar-refractivity contribution is 5.73. The topological polar surface area (TPSA) is 155 Å². The van der Waals surface area contributed by atoms with Crippen LogP contribution in [0, 0.1) is 0 Å². The monoisotopic (exact) mass is 399 g/mol. The summed E-state index contributed by atoms with van der Waals surface area (Å²) in [7, 11) is 0. The van der Waals surface area contributed by atoms with Crippen LogP contribution >= 0.6 is 0 Å². The van der Waals surface area contributed by atoms with Crippen molar-refractivity contribution in [1.82, 2.24) is 5.32 Å². The van der Waals surface area contributed by atoms with Crippen LogP contribution in [0.3, 0.4) is 0 Å². The lowest BCUT2D eigenvalue weighted by Gasteiger charge is -2.38. The molecule has 1 heterocycles. The number of benzene rings is 1. The van der Waals surface area contributed by atoms with Crippen molar-refractivity contribution in [3.05, 3.63) is 29.3 Å². The van der Waals surface area contributed by atoms with Crippen LogP contribution in [-0.4, -0.2) is 69.6 Å². The predicted molar refractivity (Wildman–Crippen MR) is 94.2 cm³/mol. The maximum absolute atomic E-state index is 11.2. The van der Waals surface area contributed by atoms with Gasteiger partial charge in [0.1, 0.15) is 30.7 Å². The average molecular weight is 399 g/mol. The number of aliphatic carboxylic acids is 1. The number of ether oxygens (including phenoxy) is 3. The minimum absolute atomic E-state index is 0.0727. The van der Waals surface area contributed by atoms with Crippen LogP contribution in [0.4, 0.5) is 0 Å². The van der Waals surface area contributed by atoms with Crippen LogP contribution in [-0.2, 0) is 32.2 Å². The molecule has 0 unspecified atom stereocenters. The summed E-state index contributed by atoms with van der Waals surface area (Å²) in [5.41, 5.74) is 1.36. The molecule has 0 radical (unpaired) electrons. The Hall–Kier alpha value is -2.24. The third-order valence-electron chi connectivity index (χ3n) is 4.19. The summed E-state index contributed by atoms with van der Waals surface area (Å²) >= 11 is 0. The molecule has 10 nitrogen and oxygen atoms in total. The van der Waals surface area contributed by atoms with Crippen LogP contribution in [0.1, 0.15) is 25.0 Å². The zero-order chi connectivity index (χ0) is 20.8. The molecule has 10 heteroatoms. The highest BCUT2D eigenvalue weighted by atomic mass is 16.7.